The van der Waals surface area contributed by atoms with Gasteiger partial charge in [0.2, 0.25) is 0 Å². The normalized spacial score (nSPS) is 12.6. The third kappa shape index (κ3) is 6.49. The second-order valence-corrected chi connectivity index (χ2v) is 11.5. The maximum Gasteiger partial charge on any atom is 0.329 e. The van der Waals surface area contributed by atoms with E-state index >= 15 is 0 Å². The van der Waals surface area contributed by atoms with Crippen molar-refractivity contribution in [3.8, 4) is 11.1 Å². The molecule has 3 aromatic carbocycles. The van der Waals surface area contributed by atoms with Crippen LogP contribution in [0.15, 0.2) is 59.5 Å². The van der Waals surface area contributed by atoms with E-state index in [1.807, 2.05) is 0 Å². The standard InChI is InChI=1S/C27H29ClN2O6S/c1-15-11-19(9-10-21(15)25(31)29-24(26(32)33)27(4,5)34)18-7-6-8-20(14-18)30-37(35,36)23-13-16(2)22(28)12-17(23)3/h6-14,24,30,34H,1-5H3,(H,29,31)(H,32,33). The van der Waals surface area contributed by atoms with Gasteiger partial charge in [-0.1, -0.05) is 35.9 Å². The van der Waals surface area contributed by atoms with E-state index in [2.05, 4.69) is 10.0 Å². The zero-order valence-electron chi connectivity index (χ0n) is 21.1. The summed E-state index contributed by atoms with van der Waals surface area (Å²) in [6.07, 6.45) is 0. The molecule has 196 valence electrons. The minimum Gasteiger partial charge on any atom is -0.480 e. The van der Waals surface area contributed by atoms with Gasteiger partial charge in [0.25, 0.3) is 15.9 Å². The van der Waals surface area contributed by atoms with Crippen LogP contribution in [0.3, 0.4) is 0 Å². The van der Waals surface area contributed by atoms with Crippen LogP contribution >= 0.6 is 11.6 Å². The molecule has 3 rings (SSSR count). The van der Waals surface area contributed by atoms with Crippen molar-refractivity contribution in [2.24, 2.45) is 0 Å². The lowest BCUT2D eigenvalue weighted by Gasteiger charge is -2.26. The predicted molar refractivity (Wildman–Crippen MR) is 144 cm³/mol. The molecule has 4 N–H and O–H groups in total. The summed E-state index contributed by atoms with van der Waals surface area (Å²) < 4.78 is 28.7. The molecule has 1 amide bonds. The third-order valence-electron chi connectivity index (χ3n) is 5.89. The number of hydrogen-bond acceptors (Lipinski definition) is 5. The van der Waals surface area contributed by atoms with Crippen LogP contribution < -0.4 is 10.0 Å². The Bertz CT molecular complexity index is 1480. The molecule has 0 saturated heterocycles. The monoisotopic (exact) mass is 544 g/mol. The summed E-state index contributed by atoms with van der Waals surface area (Å²) in [5, 5.41) is 22.3. The molecule has 8 nitrogen and oxygen atoms in total. The van der Waals surface area contributed by atoms with Crippen molar-refractivity contribution in [2.45, 2.75) is 51.2 Å². The quantitative estimate of drug-likeness (QED) is 0.325. The molecule has 37 heavy (non-hydrogen) atoms. The highest BCUT2D eigenvalue weighted by molar-refractivity contribution is 7.92. The Hall–Kier alpha value is -3.40. The second kappa shape index (κ2) is 10.5. The molecule has 0 bridgehead atoms. The van der Waals surface area contributed by atoms with Crippen molar-refractivity contribution in [1.82, 2.24) is 5.32 Å². The number of anilines is 1. The molecule has 0 spiro atoms. The number of carboxylic acid groups (broad SMARTS) is 1. The van der Waals surface area contributed by atoms with Gasteiger partial charge in [0.1, 0.15) is 0 Å². The first-order chi connectivity index (χ1) is 17.1. The lowest BCUT2D eigenvalue weighted by atomic mass is 9.96. The molecule has 0 aromatic heterocycles. The van der Waals surface area contributed by atoms with Crippen molar-refractivity contribution in [1.29, 1.82) is 0 Å². The van der Waals surface area contributed by atoms with Crippen LogP contribution in [-0.4, -0.2) is 42.2 Å². The fraction of sp³-hybridized carbons (Fsp3) is 0.259. The molecular formula is C27H29ClN2O6S. The van der Waals surface area contributed by atoms with Crippen molar-refractivity contribution in [3.05, 3.63) is 81.9 Å². The number of sulfonamides is 1. The van der Waals surface area contributed by atoms with Gasteiger partial charge in [0.15, 0.2) is 6.04 Å². The van der Waals surface area contributed by atoms with Crippen molar-refractivity contribution in [3.63, 3.8) is 0 Å². The number of rotatable bonds is 8. The van der Waals surface area contributed by atoms with Crippen LogP contribution in [0.4, 0.5) is 5.69 Å². The average Bonchev–Trinajstić information content (AvgIpc) is 2.78. The first-order valence-corrected chi connectivity index (χ1v) is 13.2. The Morgan fingerprint density at radius 2 is 1.57 bits per heavy atom. The Morgan fingerprint density at radius 1 is 0.919 bits per heavy atom. The number of nitrogens with one attached hydrogen (secondary N) is 2. The number of halogens is 1. The molecule has 3 aromatic rings. The fourth-order valence-electron chi connectivity index (χ4n) is 3.86. The molecule has 0 fully saturated rings. The second-order valence-electron chi connectivity index (χ2n) is 9.48. The largest absolute Gasteiger partial charge is 0.480 e. The van der Waals surface area contributed by atoms with Gasteiger partial charge in [-0.15, -0.1) is 0 Å². The predicted octanol–water partition coefficient (Wildman–Crippen LogP) is 4.69. The fourth-order valence-corrected chi connectivity index (χ4v) is 5.44. The molecular weight excluding hydrogens is 516 g/mol. The number of hydrogen-bond donors (Lipinski definition) is 4. The molecule has 10 heteroatoms. The van der Waals surface area contributed by atoms with E-state index in [1.165, 1.54) is 19.9 Å². The van der Waals surface area contributed by atoms with Gasteiger partial charge in [-0.25, -0.2) is 13.2 Å². The van der Waals surface area contributed by atoms with Gasteiger partial charge in [-0.05, 0) is 92.8 Å². The highest BCUT2D eigenvalue weighted by Crippen LogP contribution is 2.29. The SMILES string of the molecule is Cc1cc(S(=O)(=O)Nc2cccc(-c3ccc(C(=O)NC(C(=O)O)C(C)(C)O)c(C)c3)c2)c(C)cc1Cl. The van der Waals surface area contributed by atoms with Crippen LogP contribution in [0, 0.1) is 20.8 Å². The van der Waals surface area contributed by atoms with Crippen molar-refractivity contribution >= 4 is 39.2 Å². The van der Waals surface area contributed by atoms with Crippen LogP contribution in [-0.2, 0) is 14.8 Å². The minimum absolute atomic E-state index is 0.136. The van der Waals surface area contributed by atoms with Gasteiger partial charge in [-0.3, -0.25) is 9.52 Å². The highest BCUT2D eigenvalue weighted by atomic mass is 35.5. The molecule has 0 heterocycles. The number of aliphatic hydroxyl groups is 1. The zero-order valence-corrected chi connectivity index (χ0v) is 22.7. The van der Waals surface area contributed by atoms with Crippen LogP contribution in [0.1, 0.15) is 40.9 Å². The van der Waals surface area contributed by atoms with Crippen LogP contribution in [0.25, 0.3) is 11.1 Å². The average molecular weight is 545 g/mol. The third-order valence-corrected chi connectivity index (χ3v) is 7.82. The first-order valence-electron chi connectivity index (χ1n) is 11.4. The zero-order chi connectivity index (χ0) is 27.7. The lowest BCUT2D eigenvalue weighted by Crippen LogP contribution is -2.54. The van der Waals surface area contributed by atoms with E-state index in [0.29, 0.717) is 33.0 Å². The van der Waals surface area contributed by atoms with E-state index < -0.39 is 33.5 Å². The van der Waals surface area contributed by atoms with Crippen molar-refractivity contribution in [2.75, 3.05) is 4.72 Å². The lowest BCUT2D eigenvalue weighted by molar-refractivity contribution is -0.145. The Morgan fingerprint density at radius 3 is 2.16 bits per heavy atom. The van der Waals surface area contributed by atoms with Crippen molar-refractivity contribution < 1.29 is 28.2 Å². The molecule has 1 unspecified atom stereocenters. The van der Waals surface area contributed by atoms with Gasteiger partial charge < -0.3 is 15.5 Å². The Kier molecular flexibility index (Phi) is 8.02. The minimum atomic E-state index is -3.87. The maximum atomic E-state index is 13.1. The molecule has 0 aliphatic heterocycles. The van der Waals surface area contributed by atoms with E-state index in [1.54, 1.807) is 69.3 Å². The molecule has 0 aliphatic carbocycles. The number of carbonyl (C=O) groups excluding carboxylic acids is 1. The summed E-state index contributed by atoms with van der Waals surface area (Å²) in [5.41, 5.74) is 2.14. The number of carbonyl (C=O) groups is 2. The van der Waals surface area contributed by atoms with E-state index in [-0.39, 0.29) is 10.5 Å². The van der Waals surface area contributed by atoms with Gasteiger partial charge >= 0.3 is 5.97 Å². The number of benzene rings is 3. The molecule has 1 atom stereocenters. The number of aryl methyl sites for hydroxylation is 3. The summed E-state index contributed by atoms with van der Waals surface area (Å²) in [7, 11) is -3.87. The van der Waals surface area contributed by atoms with Gasteiger partial charge in [-0.2, -0.15) is 0 Å². The smallest absolute Gasteiger partial charge is 0.329 e. The topological polar surface area (TPSA) is 133 Å². The van der Waals surface area contributed by atoms with Crippen LogP contribution in [0.2, 0.25) is 5.02 Å². The van der Waals surface area contributed by atoms with Crippen LogP contribution in [0.5, 0.6) is 0 Å². The molecule has 0 aliphatic rings. The number of amides is 1. The van der Waals surface area contributed by atoms with E-state index in [4.69, 9.17) is 11.6 Å². The van der Waals surface area contributed by atoms with E-state index in [0.717, 1.165) is 5.56 Å². The summed E-state index contributed by atoms with van der Waals surface area (Å²) in [5.74, 6) is -1.98. The summed E-state index contributed by atoms with van der Waals surface area (Å²) in [4.78, 5) is 24.3. The maximum absolute atomic E-state index is 13.1. The van der Waals surface area contributed by atoms with E-state index in [9.17, 15) is 28.2 Å². The Balaban J connectivity index is 1.87. The highest BCUT2D eigenvalue weighted by Gasteiger charge is 2.35. The Labute approximate surface area is 221 Å². The van der Waals surface area contributed by atoms with Gasteiger partial charge in [0, 0.05) is 16.3 Å². The summed E-state index contributed by atoms with van der Waals surface area (Å²) in [6.45, 7) is 7.73. The first kappa shape index (κ1) is 28.2. The number of carboxylic acids is 1. The summed E-state index contributed by atoms with van der Waals surface area (Å²) >= 11 is 6.11. The number of aliphatic carboxylic acids is 1. The molecule has 0 saturated carbocycles. The van der Waals surface area contributed by atoms with Gasteiger partial charge in [0.05, 0.1) is 10.5 Å². The summed E-state index contributed by atoms with van der Waals surface area (Å²) in [6, 6.07) is 13.5. The molecule has 0 radical (unpaired) electrons.